The Morgan fingerprint density at radius 2 is 1.83 bits per heavy atom. The Bertz CT molecular complexity index is 528. The summed E-state index contributed by atoms with van der Waals surface area (Å²) < 4.78 is 0. The van der Waals surface area contributed by atoms with Gasteiger partial charge in [-0.25, -0.2) is 0 Å². The molecule has 2 aromatic rings. The summed E-state index contributed by atoms with van der Waals surface area (Å²) >= 11 is 6.47. The van der Waals surface area contributed by atoms with E-state index in [1.807, 2.05) is 0 Å². The van der Waals surface area contributed by atoms with Gasteiger partial charge in [-0.05, 0) is 35.1 Å². The second kappa shape index (κ2) is 5.32. The van der Waals surface area contributed by atoms with Crippen molar-refractivity contribution >= 4 is 22.4 Å². The molecule has 0 saturated heterocycles. The van der Waals surface area contributed by atoms with Gasteiger partial charge in [-0.15, -0.1) is 11.6 Å². The fourth-order valence-electron chi connectivity index (χ4n) is 2.80. The molecule has 1 aliphatic rings. The van der Waals surface area contributed by atoms with Crippen LogP contribution in [0.15, 0.2) is 42.5 Å². The van der Waals surface area contributed by atoms with Crippen LogP contribution in [0.25, 0.3) is 10.8 Å². The van der Waals surface area contributed by atoms with Crippen LogP contribution in [0.3, 0.4) is 0 Å². The first-order valence-corrected chi connectivity index (χ1v) is 7.36. The van der Waals surface area contributed by atoms with E-state index >= 15 is 0 Å². The zero-order valence-electron chi connectivity index (χ0n) is 10.6. The molecule has 1 heteroatoms. The molecule has 3 rings (SSSR count). The monoisotopic (exact) mass is 258 g/mol. The molecule has 18 heavy (non-hydrogen) atoms. The number of rotatable bonds is 4. The molecule has 0 radical (unpaired) electrons. The zero-order valence-corrected chi connectivity index (χ0v) is 11.4. The third-order valence-electron chi connectivity index (χ3n) is 4.08. The number of benzene rings is 2. The van der Waals surface area contributed by atoms with E-state index in [0.29, 0.717) is 5.38 Å². The first kappa shape index (κ1) is 12.0. The standard InChI is InChI=1S/C17H19Cl/c18-17(11-13-4-3-5-13)12-14-8-9-15-6-1-2-7-16(15)10-14/h1-2,6-10,13,17H,3-5,11-12H2. The molecule has 2 aromatic carbocycles. The molecule has 0 bridgehead atoms. The number of hydrogen-bond acceptors (Lipinski definition) is 0. The molecule has 1 unspecified atom stereocenters. The van der Waals surface area contributed by atoms with Gasteiger partial charge in [-0.3, -0.25) is 0 Å². The lowest BCUT2D eigenvalue weighted by Gasteiger charge is -2.27. The van der Waals surface area contributed by atoms with E-state index in [1.165, 1.54) is 42.0 Å². The van der Waals surface area contributed by atoms with Crippen molar-refractivity contribution < 1.29 is 0 Å². The third kappa shape index (κ3) is 2.70. The minimum atomic E-state index is 0.302. The van der Waals surface area contributed by atoms with Crippen molar-refractivity contribution in [3.63, 3.8) is 0 Å². The van der Waals surface area contributed by atoms with Gasteiger partial charge in [0.25, 0.3) is 0 Å². The largest absolute Gasteiger partial charge is 0.123 e. The molecule has 0 aliphatic heterocycles. The molecule has 94 valence electrons. The fourth-order valence-corrected chi connectivity index (χ4v) is 3.23. The molecular weight excluding hydrogens is 240 g/mol. The molecule has 0 nitrogen and oxygen atoms in total. The van der Waals surface area contributed by atoms with Crippen LogP contribution in [0.5, 0.6) is 0 Å². The predicted octanol–water partition coefficient (Wildman–Crippen LogP) is 5.18. The smallest absolute Gasteiger partial charge is 0.0379 e. The minimum Gasteiger partial charge on any atom is -0.123 e. The highest BCUT2D eigenvalue weighted by Crippen LogP contribution is 2.32. The molecular formula is C17H19Cl. The predicted molar refractivity (Wildman–Crippen MR) is 79.3 cm³/mol. The molecule has 1 saturated carbocycles. The molecule has 1 atom stereocenters. The molecule has 0 amide bonds. The average Bonchev–Trinajstić information content (AvgIpc) is 2.34. The third-order valence-corrected chi connectivity index (χ3v) is 4.42. The quantitative estimate of drug-likeness (QED) is 0.663. The summed E-state index contributed by atoms with van der Waals surface area (Å²) in [7, 11) is 0. The Morgan fingerprint density at radius 3 is 2.56 bits per heavy atom. The van der Waals surface area contributed by atoms with E-state index in [4.69, 9.17) is 11.6 Å². The fraction of sp³-hybridized carbons (Fsp3) is 0.412. The lowest BCUT2D eigenvalue weighted by molar-refractivity contribution is 0.292. The van der Waals surface area contributed by atoms with Crippen LogP contribution in [-0.4, -0.2) is 5.38 Å². The number of fused-ring (bicyclic) bond motifs is 1. The zero-order chi connectivity index (χ0) is 12.4. The topological polar surface area (TPSA) is 0 Å². The van der Waals surface area contributed by atoms with Crippen molar-refractivity contribution in [3.05, 3.63) is 48.0 Å². The van der Waals surface area contributed by atoms with E-state index < -0.39 is 0 Å². The van der Waals surface area contributed by atoms with E-state index in [9.17, 15) is 0 Å². The minimum absolute atomic E-state index is 0.302. The van der Waals surface area contributed by atoms with Gasteiger partial charge in [0.2, 0.25) is 0 Å². The summed E-state index contributed by atoms with van der Waals surface area (Å²) in [5.41, 5.74) is 1.37. The Balaban J connectivity index is 1.69. The first-order valence-electron chi connectivity index (χ1n) is 6.93. The summed E-state index contributed by atoms with van der Waals surface area (Å²) in [5.74, 6) is 0.896. The Morgan fingerprint density at radius 1 is 1.06 bits per heavy atom. The number of halogens is 1. The Kier molecular flexibility index (Phi) is 3.56. The summed E-state index contributed by atoms with van der Waals surface area (Å²) in [6, 6.07) is 15.2. The molecule has 0 spiro atoms. The number of hydrogen-bond donors (Lipinski definition) is 0. The lowest BCUT2D eigenvalue weighted by Crippen LogP contribution is -2.17. The van der Waals surface area contributed by atoms with E-state index in [-0.39, 0.29) is 0 Å². The van der Waals surface area contributed by atoms with Gasteiger partial charge in [0.15, 0.2) is 0 Å². The highest BCUT2D eigenvalue weighted by molar-refractivity contribution is 6.20. The molecule has 1 aliphatic carbocycles. The highest BCUT2D eigenvalue weighted by Gasteiger charge is 2.21. The van der Waals surface area contributed by atoms with Gasteiger partial charge in [-0.1, -0.05) is 61.7 Å². The van der Waals surface area contributed by atoms with Gasteiger partial charge >= 0.3 is 0 Å². The van der Waals surface area contributed by atoms with E-state index in [2.05, 4.69) is 42.5 Å². The van der Waals surface area contributed by atoms with Crippen molar-refractivity contribution in [1.29, 1.82) is 0 Å². The first-order chi connectivity index (χ1) is 8.81. The Labute approximate surface area is 114 Å². The van der Waals surface area contributed by atoms with Gasteiger partial charge in [0.1, 0.15) is 0 Å². The van der Waals surface area contributed by atoms with Crippen molar-refractivity contribution in [1.82, 2.24) is 0 Å². The van der Waals surface area contributed by atoms with Crippen LogP contribution in [0.2, 0.25) is 0 Å². The lowest BCUT2D eigenvalue weighted by atomic mass is 9.81. The molecule has 0 N–H and O–H groups in total. The molecule has 0 heterocycles. The Hall–Kier alpha value is -1.01. The van der Waals surface area contributed by atoms with Crippen LogP contribution in [0, 0.1) is 5.92 Å². The highest BCUT2D eigenvalue weighted by atomic mass is 35.5. The maximum atomic E-state index is 6.47. The maximum absolute atomic E-state index is 6.47. The summed E-state index contributed by atoms with van der Waals surface area (Å²) in [6.45, 7) is 0. The van der Waals surface area contributed by atoms with Crippen LogP contribution in [-0.2, 0) is 6.42 Å². The molecule has 0 aromatic heterocycles. The van der Waals surface area contributed by atoms with Crippen LogP contribution >= 0.6 is 11.6 Å². The van der Waals surface area contributed by atoms with Gasteiger partial charge in [0, 0.05) is 5.38 Å². The SMILES string of the molecule is ClC(Cc1ccc2ccccc2c1)CC1CCC1. The summed E-state index contributed by atoms with van der Waals surface area (Å²) in [4.78, 5) is 0. The summed E-state index contributed by atoms with van der Waals surface area (Å²) in [5, 5.41) is 2.94. The van der Waals surface area contributed by atoms with E-state index in [1.54, 1.807) is 0 Å². The normalized spacial score (nSPS) is 17.6. The second-order valence-electron chi connectivity index (χ2n) is 5.52. The summed E-state index contributed by atoms with van der Waals surface area (Å²) in [6.07, 6.45) is 6.38. The maximum Gasteiger partial charge on any atom is 0.0379 e. The van der Waals surface area contributed by atoms with Crippen molar-refractivity contribution in [2.75, 3.05) is 0 Å². The van der Waals surface area contributed by atoms with Crippen molar-refractivity contribution in [2.24, 2.45) is 5.92 Å². The molecule has 1 fully saturated rings. The van der Waals surface area contributed by atoms with Crippen LogP contribution in [0.4, 0.5) is 0 Å². The van der Waals surface area contributed by atoms with Crippen LogP contribution in [0.1, 0.15) is 31.2 Å². The van der Waals surface area contributed by atoms with Gasteiger partial charge < -0.3 is 0 Å². The van der Waals surface area contributed by atoms with Crippen molar-refractivity contribution in [3.8, 4) is 0 Å². The van der Waals surface area contributed by atoms with Crippen LogP contribution < -0.4 is 0 Å². The second-order valence-corrected chi connectivity index (χ2v) is 6.13. The van der Waals surface area contributed by atoms with E-state index in [0.717, 1.165) is 12.3 Å². The van der Waals surface area contributed by atoms with Gasteiger partial charge in [0.05, 0.1) is 0 Å². The average molecular weight is 259 g/mol. The van der Waals surface area contributed by atoms with Crippen molar-refractivity contribution in [2.45, 2.75) is 37.5 Å². The number of alkyl halides is 1. The van der Waals surface area contributed by atoms with Gasteiger partial charge in [-0.2, -0.15) is 0 Å².